The smallest absolute Gasteiger partial charge is 0.387 e. The van der Waals surface area contributed by atoms with Crippen molar-refractivity contribution in [2.75, 3.05) is 0 Å². The first-order valence-electron chi connectivity index (χ1n) is 5.92. The van der Waals surface area contributed by atoms with Gasteiger partial charge in [-0.3, -0.25) is 0 Å². The fourth-order valence-corrected chi connectivity index (χ4v) is 2.62. The van der Waals surface area contributed by atoms with Crippen molar-refractivity contribution in [3.05, 3.63) is 41.9 Å². The first-order chi connectivity index (χ1) is 9.88. The number of sulfonamides is 1. The monoisotopic (exact) mass is 317 g/mol. The van der Waals surface area contributed by atoms with Crippen molar-refractivity contribution in [2.24, 2.45) is 0 Å². The Kier molecular flexibility index (Phi) is 4.53. The van der Waals surface area contributed by atoms with E-state index in [0.717, 1.165) is 0 Å². The molecular formula is C12H13F2N3O3S. The number of para-hydroxylation sites is 1. The molecule has 2 rings (SSSR count). The normalized spacial score (nSPS) is 11.8. The molecule has 0 amide bonds. The zero-order valence-electron chi connectivity index (χ0n) is 11.0. The maximum absolute atomic E-state index is 12.3. The van der Waals surface area contributed by atoms with Gasteiger partial charge >= 0.3 is 6.61 Å². The first-order valence-corrected chi connectivity index (χ1v) is 7.41. The maximum atomic E-state index is 12.3. The van der Waals surface area contributed by atoms with Gasteiger partial charge in [0, 0.05) is 12.1 Å². The molecule has 1 aromatic heterocycles. The first kappa shape index (κ1) is 15.4. The van der Waals surface area contributed by atoms with Crippen molar-refractivity contribution < 1.29 is 21.9 Å². The number of benzene rings is 1. The van der Waals surface area contributed by atoms with Crippen molar-refractivity contribution in [2.45, 2.75) is 25.1 Å². The van der Waals surface area contributed by atoms with Gasteiger partial charge in [0.15, 0.2) is 5.03 Å². The van der Waals surface area contributed by atoms with Crippen molar-refractivity contribution in [1.82, 2.24) is 14.7 Å². The maximum Gasteiger partial charge on any atom is 0.387 e. The minimum Gasteiger partial charge on any atom is -0.434 e. The summed E-state index contributed by atoms with van der Waals surface area (Å²) in [6, 6.07) is 5.96. The fraction of sp³-hybridized carbons (Fsp3) is 0.250. The molecule has 0 radical (unpaired) electrons. The molecular weight excluding hydrogens is 304 g/mol. The lowest BCUT2D eigenvalue weighted by atomic mass is 10.2. The van der Waals surface area contributed by atoms with E-state index in [1.807, 2.05) is 0 Å². The Balaban J connectivity index is 2.13. The van der Waals surface area contributed by atoms with Crippen LogP contribution in [0, 0.1) is 6.92 Å². The number of H-pyrrole nitrogens is 1. The third-order valence-corrected chi connectivity index (χ3v) is 3.92. The standard InChI is InChI=1S/C12H13F2N3O3S/c1-8-15-7-11(17-8)21(18,19)16-6-9-4-2-3-5-10(9)20-12(13)14/h2-5,7,12,16H,6H2,1H3,(H,15,17). The van der Waals surface area contributed by atoms with Crippen LogP contribution < -0.4 is 9.46 Å². The zero-order valence-corrected chi connectivity index (χ0v) is 11.8. The summed E-state index contributed by atoms with van der Waals surface area (Å²) >= 11 is 0. The van der Waals surface area contributed by atoms with E-state index in [9.17, 15) is 17.2 Å². The van der Waals surface area contributed by atoms with E-state index < -0.39 is 16.6 Å². The zero-order chi connectivity index (χ0) is 15.5. The summed E-state index contributed by atoms with van der Waals surface area (Å²) in [7, 11) is -3.79. The molecule has 1 heterocycles. The van der Waals surface area contributed by atoms with E-state index >= 15 is 0 Å². The molecule has 6 nitrogen and oxygen atoms in total. The van der Waals surface area contributed by atoms with Crippen molar-refractivity contribution in [1.29, 1.82) is 0 Å². The summed E-state index contributed by atoms with van der Waals surface area (Å²) in [5.74, 6) is 0.382. The van der Waals surface area contributed by atoms with Gasteiger partial charge in [-0.2, -0.15) is 8.78 Å². The average molecular weight is 317 g/mol. The van der Waals surface area contributed by atoms with Gasteiger partial charge in [0.1, 0.15) is 11.6 Å². The molecule has 0 bridgehead atoms. The highest BCUT2D eigenvalue weighted by Crippen LogP contribution is 2.20. The summed E-state index contributed by atoms with van der Waals surface area (Å²) in [5.41, 5.74) is 0.303. The largest absolute Gasteiger partial charge is 0.434 e. The molecule has 0 saturated carbocycles. The van der Waals surface area contributed by atoms with Crippen LogP contribution in [0.5, 0.6) is 5.75 Å². The summed E-state index contributed by atoms with van der Waals surface area (Å²) in [6.45, 7) is -1.54. The third kappa shape index (κ3) is 3.99. The predicted octanol–water partition coefficient (Wildman–Crippen LogP) is 1.80. The Morgan fingerprint density at radius 3 is 2.71 bits per heavy atom. The highest BCUT2D eigenvalue weighted by atomic mass is 32.2. The fourth-order valence-electron chi connectivity index (χ4n) is 1.65. The second-order valence-corrected chi connectivity index (χ2v) is 5.88. The molecule has 0 saturated heterocycles. The van der Waals surface area contributed by atoms with E-state index in [4.69, 9.17) is 0 Å². The molecule has 1 aromatic carbocycles. The van der Waals surface area contributed by atoms with Crippen molar-refractivity contribution >= 4 is 10.0 Å². The summed E-state index contributed by atoms with van der Waals surface area (Å²) in [4.78, 5) is 6.38. The van der Waals surface area contributed by atoms with Crippen LogP contribution in [-0.4, -0.2) is 25.0 Å². The third-order valence-electron chi connectivity index (χ3n) is 2.61. The minimum absolute atomic E-state index is 0.0732. The topological polar surface area (TPSA) is 84.1 Å². The van der Waals surface area contributed by atoms with Gasteiger partial charge in [0.05, 0.1) is 6.20 Å². The van der Waals surface area contributed by atoms with Gasteiger partial charge in [-0.05, 0) is 13.0 Å². The highest BCUT2D eigenvalue weighted by Gasteiger charge is 2.17. The number of aryl methyl sites for hydroxylation is 1. The van der Waals surface area contributed by atoms with Crippen LogP contribution in [0.1, 0.15) is 11.4 Å². The number of imidazole rings is 1. The number of ether oxygens (including phenoxy) is 1. The molecule has 0 unspecified atom stereocenters. The Morgan fingerprint density at radius 2 is 2.10 bits per heavy atom. The Bertz CT molecular complexity index is 716. The molecule has 0 fully saturated rings. The van der Waals surface area contributed by atoms with Gasteiger partial charge in [-0.1, -0.05) is 18.2 Å². The summed E-state index contributed by atoms with van der Waals surface area (Å²) in [5, 5.41) is -0.0905. The molecule has 2 aromatic rings. The van der Waals surface area contributed by atoms with Gasteiger partial charge in [0.2, 0.25) is 0 Å². The number of nitrogens with one attached hydrogen (secondary N) is 2. The van der Waals surface area contributed by atoms with Crippen LogP contribution in [-0.2, 0) is 16.6 Å². The van der Waals surface area contributed by atoms with E-state index in [-0.39, 0.29) is 17.3 Å². The van der Waals surface area contributed by atoms with Gasteiger partial charge in [0.25, 0.3) is 10.0 Å². The number of hydrogen-bond donors (Lipinski definition) is 2. The number of alkyl halides is 2. The van der Waals surface area contributed by atoms with Crippen LogP contribution in [0.2, 0.25) is 0 Å². The number of halogens is 2. The van der Waals surface area contributed by atoms with Crippen LogP contribution >= 0.6 is 0 Å². The lowest BCUT2D eigenvalue weighted by Crippen LogP contribution is -2.24. The molecule has 9 heteroatoms. The number of hydrogen-bond acceptors (Lipinski definition) is 4. The van der Waals surface area contributed by atoms with E-state index in [1.54, 1.807) is 13.0 Å². The second-order valence-electron chi connectivity index (χ2n) is 4.14. The Morgan fingerprint density at radius 1 is 1.38 bits per heavy atom. The van der Waals surface area contributed by atoms with Crippen molar-refractivity contribution in [3.63, 3.8) is 0 Å². The Hall–Kier alpha value is -2.00. The van der Waals surface area contributed by atoms with Crippen LogP contribution in [0.4, 0.5) is 8.78 Å². The van der Waals surface area contributed by atoms with E-state index in [2.05, 4.69) is 19.4 Å². The molecule has 0 aliphatic carbocycles. The quantitative estimate of drug-likeness (QED) is 0.851. The molecule has 2 N–H and O–H groups in total. The average Bonchev–Trinajstić information content (AvgIpc) is 2.85. The molecule has 0 aliphatic heterocycles. The van der Waals surface area contributed by atoms with E-state index in [0.29, 0.717) is 11.4 Å². The van der Waals surface area contributed by atoms with Crippen LogP contribution in [0.15, 0.2) is 35.5 Å². The van der Waals surface area contributed by atoms with Crippen LogP contribution in [0.25, 0.3) is 0 Å². The molecule has 114 valence electrons. The van der Waals surface area contributed by atoms with Crippen LogP contribution in [0.3, 0.4) is 0 Å². The summed E-state index contributed by atoms with van der Waals surface area (Å²) in [6.07, 6.45) is 1.18. The number of aromatic amines is 1. The Labute approximate surface area is 120 Å². The second kappa shape index (κ2) is 6.19. The number of aromatic nitrogens is 2. The van der Waals surface area contributed by atoms with Gasteiger partial charge in [-0.25, -0.2) is 18.1 Å². The molecule has 0 atom stereocenters. The highest BCUT2D eigenvalue weighted by molar-refractivity contribution is 7.89. The molecule has 0 aliphatic rings. The number of rotatable bonds is 6. The minimum atomic E-state index is -3.79. The van der Waals surface area contributed by atoms with Crippen molar-refractivity contribution in [3.8, 4) is 5.75 Å². The summed E-state index contributed by atoms with van der Waals surface area (Å²) < 4.78 is 55.1. The lowest BCUT2D eigenvalue weighted by molar-refractivity contribution is -0.0504. The predicted molar refractivity (Wildman–Crippen MR) is 70.4 cm³/mol. The lowest BCUT2D eigenvalue weighted by Gasteiger charge is -2.11. The van der Waals surface area contributed by atoms with Gasteiger partial charge < -0.3 is 9.72 Å². The van der Waals surface area contributed by atoms with Gasteiger partial charge in [-0.15, -0.1) is 0 Å². The SMILES string of the molecule is Cc1ncc(S(=O)(=O)NCc2ccccc2OC(F)F)[nH]1. The van der Waals surface area contributed by atoms with E-state index in [1.165, 1.54) is 24.4 Å². The molecule has 21 heavy (non-hydrogen) atoms. The number of nitrogens with zero attached hydrogens (tertiary/aromatic N) is 1. The molecule has 0 spiro atoms.